The molecule has 1 N–H and O–H groups in total. The first kappa shape index (κ1) is 10.3. The van der Waals surface area contributed by atoms with Crippen molar-refractivity contribution >= 4 is 5.91 Å². The number of hydrogen-bond donors (Lipinski definition) is 1. The van der Waals surface area contributed by atoms with Crippen molar-refractivity contribution in [3.05, 3.63) is 23.2 Å². The van der Waals surface area contributed by atoms with Crippen LogP contribution in [0.5, 0.6) is 0 Å². The minimum atomic E-state index is -0.0712. The maximum atomic E-state index is 11.8. The monoisotopic (exact) mass is 207 g/mol. The van der Waals surface area contributed by atoms with Crippen LogP contribution >= 0.6 is 0 Å². The molecule has 0 saturated heterocycles. The van der Waals surface area contributed by atoms with Crippen LogP contribution in [-0.4, -0.2) is 11.9 Å². The average Bonchev–Trinajstić information content (AvgIpc) is 2.78. The van der Waals surface area contributed by atoms with Crippen molar-refractivity contribution in [3.8, 4) is 0 Å². The maximum absolute atomic E-state index is 11.8. The molecule has 1 saturated carbocycles. The Kier molecular flexibility index (Phi) is 2.80. The highest BCUT2D eigenvalue weighted by molar-refractivity contribution is 5.91. The third-order valence-electron chi connectivity index (χ3n) is 3.08. The van der Waals surface area contributed by atoms with Crippen LogP contribution in [0, 0.1) is 13.8 Å². The summed E-state index contributed by atoms with van der Waals surface area (Å²) in [5, 5.41) is 3.00. The Labute approximate surface area is 89.9 Å². The summed E-state index contributed by atoms with van der Waals surface area (Å²) in [4.78, 5) is 11.8. The minimum absolute atomic E-state index is 0.0712. The zero-order valence-corrected chi connectivity index (χ0v) is 9.30. The lowest BCUT2D eigenvalue weighted by Crippen LogP contribution is -2.32. The van der Waals surface area contributed by atoms with Crippen LogP contribution in [-0.2, 0) is 0 Å². The van der Waals surface area contributed by atoms with Crippen LogP contribution in [0.2, 0.25) is 0 Å². The maximum Gasteiger partial charge on any atom is 0.287 e. The number of carbonyl (C=O) groups excluding carboxylic acids is 1. The number of amides is 1. The molecule has 0 radical (unpaired) electrons. The summed E-state index contributed by atoms with van der Waals surface area (Å²) in [5.74, 6) is 1.20. The highest BCUT2D eigenvalue weighted by atomic mass is 16.3. The van der Waals surface area contributed by atoms with Crippen LogP contribution in [0.1, 0.15) is 47.6 Å². The van der Waals surface area contributed by atoms with Gasteiger partial charge in [0.1, 0.15) is 5.76 Å². The Bertz CT molecular complexity index is 342. The van der Waals surface area contributed by atoms with E-state index >= 15 is 0 Å². The molecule has 0 spiro atoms. The first-order valence-corrected chi connectivity index (χ1v) is 5.54. The number of rotatable bonds is 2. The molecule has 15 heavy (non-hydrogen) atoms. The predicted molar refractivity (Wildman–Crippen MR) is 57.9 cm³/mol. The summed E-state index contributed by atoms with van der Waals surface area (Å²) in [6.45, 7) is 3.83. The van der Waals surface area contributed by atoms with E-state index in [1.165, 1.54) is 12.8 Å². The van der Waals surface area contributed by atoms with Gasteiger partial charge in [-0.05, 0) is 38.3 Å². The molecule has 3 nitrogen and oxygen atoms in total. The van der Waals surface area contributed by atoms with E-state index in [1.54, 1.807) is 6.07 Å². The Morgan fingerprint density at radius 1 is 1.40 bits per heavy atom. The molecule has 1 aromatic heterocycles. The molecule has 82 valence electrons. The molecule has 0 aromatic carbocycles. The standard InChI is InChI=1S/C12H17NO2/c1-8-7-11(15-9(8)2)12(14)13-10-5-3-4-6-10/h7,10H,3-6H2,1-2H3,(H,13,14). The second kappa shape index (κ2) is 4.09. The molecule has 0 bridgehead atoms. The van der Waals surface area contributed by atoms with Gasteiger partial charge in [0.05, 0.1) is 0 Å². The fraction of sp³-hybridized carbons (Fsp3) is 0.583. The van der Waals surface area contributed by atoms with Crippen LogP contribution < -0.4 is 5.32 Å². The number of aryl methyl sites for hydroxylation is 2. The van der Waals surface area contributed by atoms with Gasteiger partial charge in [0.25, 0.3) is 5.91 Å². The average molecular weight is 207 g/mol. The fourth-order valence-electron chi connectivity index (χ4n) is 2.01. The predicted octanol–water partition coefficient (Wildman–Crippen LogP) is 2.57. The van der Waals surface area contributed by atoms with E-state index in [9.17, 15) is 4.79 Å². The molecular formula is C12H17NO2. The van der Waals surface area contributed by atoms with Gasteiger partial charge in [-0.15, -0.1) is 0 Å². The molecule has 0 unspecified atom stereocenters. The van der Waals surface area contributed by atoms with Gasteiger partial charge in [0.2, 0.25) is 0 Å². The molecule has 1 aromatic rings. The molecule has 1 amide bonds. The summed E-state index contributed by atoms with van der Waals surface area (Å²) in [6, 6.07) is 2.16. The van der Waals surface area contributed by atoms with E-state index in [2.05, 4.69) is 5.32 Å². The summed E-state index contributed by atoms with van der Waals surface area (Å²) in [7, 11) is 0. The lowest BCUT2D eigenvalue weighted by Gasteiger charge is -2.09. The van der Waals surface area contributed by atoms with Crippen molar-refractivity contribution in [1.29, 1.82) is 0 Å². The van der Waals surface area contributed by atoms with Gasteiger partial charge in [-0.25, -0.2) is 0 Å². The zero-order chi connectivity index (χ0) is 10.8. The molecular weight excluding hydrogens is 190 g/mol. The van der Waals surface area contributed by atoms with Crippen molar-refractivity contribution < 1.29 is 9.21 Å². The zero-order valence-electron chi connectivity index (χ0n) is 9.30. The van der Waals surface area contributed by atoms with Crippen molar-refractivity contribution in [2.75, 3.05) is 0 Å². The molecule has 3 heteroatoms. The van der Waals surface area contributed by atoms with Crippen molar-refractivity contribution in [2.45, 2.75) is 45.6 Å². The highest BCUT2D eigenvalue weighted by Gasteiger charge is 2.20. The number of hydrogen-bond acceptors (Lipinski definition) is 2. The molecule has 2 rings (SSSR count). The molecule has 1 fully saturated rings. The first-order valence-electron chi connectivity index (χ1n) is 5.54. The minimum Gasteiger partial charge on any atom is -0.456 e. The van der Waals surface area contributed by atoms with Crippen LogP contribution in [0.15, 0.2) is 10.5 Å². The van der Waals surface area contributed by atoms with Crippen molar-refractivity contribution in [1.82, 2.24) is 5.32 Å². The van der Waals surface area contributed by atoms with Gasteiger partial charge < -0.3 is 9.73 Å². The molecule has 0 aliphatic heterocycles. The summed E-state index contributed by atoms with van der Waals surface area (Å²) in [5.41, 5.74) is 1.03. The van der Waals surface area contributed by atoms with Crippen molar-refractivity contribution in [2.24, 2.45) is 0 Å². The summed E-state index contributed by atoms with van der Waals surface area (Å²) in [6.07, 6.45) is 4.65. The van der Waals surface area contributed by atoms with E-state index in [-0.39, 0.29) is 5.91 Å². The fourth-order valence-corrected chi connectivity index (χ4v) is 2.01. The third kappa shape index (κ3) is 2.22. The van der Waals surface area contributed by atoms with E-state index in [0.717, 1.165) is 24.2 Å². The second-order valence-corrected chi connectivity index (χ2v) is 4.30. The summed E-state index contributed by atoms with van der Waals surface area (Å²) < 4.78 is 5.37. The highest BCUT2D eigenvalue weighted by Crippen LogP contribution is 2.19. The number of nitrogens with one attached hydrogen (secondary N) is 1. The topological polar surface area (TPSA) is 42.2 Å². The van der Waals surface area contributed by atoms with Crippen molar-refractivity contribution in [3.63, 3.8) is 0 Å². The number of furan rings is 1. The molecule has 0 atom stereocenters. The smallest absolute Gasteiger partial charge is 0.287 e. The van der Waals surface area contributed by atoms with Crippen LogP contribution in [0.25, 0.3) is 0 Å². The van der Waals surface area contributed by atoms with E-state index in [1.807, 2.05) is 13.8 Å². The van der Waals surface area contributed by atoms with E-state index in [0.29, 0.717) is 11.8 Å². The molecule has 1 heterocycles. The van der Waals surface area contributed by atoms with E-state index in [4.69, 9.17) is 4.42 Å². The van der Waals surface area contributed by atoms with Gasteiger partial charge in [-0.1, -0.05) is 12.8 Å². The lowest BCUT2D eigenvalue weighted by molar-refractivity contribution is 0.0908. The van der Waals surface area contributed by atoms with Crippen LogP contribution in [0.3, 0.4) is 0 Å². The third-order valence-corrected chi connectivity index (χ3v) is 3.08. The molecule has 1 aliphatic rings. The van der Waals surface area contributed by atoms with Gasteiger partial charge in [0.15, 0.2) is 5.76 Å². The second-order valence-electron chi connectivity index (χ2n) is 4.30. The Balaban J connectivity index is 2.00. The quantitative estimate of drug-likeness (QED) is 0.809. The van der Waals surface area contributed by atoms with E-state index < -0.39 is 0 Å². The van der Waals surface area contributed by atoms with Gasteiger partial charge in [-0.2, -0.15) is 0 Å². The van der Waals surface area contributed by atoms with Crippen LogP contribution in [0.4, 0.5) is 0 Å². The largest absolute Gasteiger partial charge is 0.456 e. The normalized spacial score (nSPS) is 16.9. The Hall–Kier alpha value is -1.25. The van der Waals surface area contributed by atoms with Gasteiger partial charge in [0, 0.05) is 6.04 Å². The SMILES string of the molecule is Cc1cc(C(=O)NC2CCCC2)oc1C. The Morgan fingerprint density at radius 2 is 2.07 bits per heavy atom. The van der Waals surface area contributed by atoms with Gasteiger partial charge in [-0.3, -0.25) is 4.79 Å². The Morgan fingerprint density at radius 3 is 2.60 bits per heavy atom. The van der Waals surface area contributed by atoms with Gasteiger partial charge >= 0.3 is 0 Å². The first-order chi connectivity index (χ1) is 7.16. The number of carbonyl (C=O) groups is 1. The lowest BCUT2D eigenvalue weighted by atomic mass is 10.2. The summed E-state index contributed by atoms with van der Waals surface area (Å²) >= 11 is 0. The molecule has 1 aliphatic carbocycles.